The zero-order chi connectivity index (χ0) is 14.4. The van der Waals surface area contributed by atoms with Crippen molar-refractivity contribution < 1.29 is 14.3 Å². The Hall–Kier alpha value is -1.71. The van der Waals surface area contributed by atoms with Crippen molar-refractivity contribution in [2.45, 2.75) is 45.1 Å². The van der Waals surface area contributed by atoms with Gasteiger partial charge in [-0.3, -0.25) is 0 Å². The number of nitrogens with two attached hydrogens (primary N) is 1. The summed E-state index contributed by atoms with van der Waals surface area (Å²) in [6.07, 6.45) is 5.55. The van der Waals surface area contributed by atoms with Crippen LogP contribution in [0.15, 0.2) is 24.3 Å². The fourth-order valence-electron chi connectivity index (χ4n) is 2.69. The van der Waals surface area contributed by atoms with Crippen molar-refractivity contribution in [1.29, 1.82) is 0 Å². The number of rotatable bonds is 5. The molecule has 0 aliphatic heterocycles. The van der Waals surface area contributed by atoms with Crippen molar-refractivity contribution >= 4 is 11.7 Å². The van der Waals surface area contributed by atoms with Gasteiger partial charge in [0.25, 0.3) is 0 Å². The van der Waals surface area contributed by atoms with E-state index >= 15 is 0 Å². The normalized spacial score (nSPS) is 22.2. The highest BCUT2D eigenvalue weighted by molar-refractivity contribution is 5.71. The predicted octanol–water partition coefficient (Wildman–Crippen LogP) is 3.16. The lowest BCUT2D eigenvalue weighted by atomic mass is 9.85. The number of nitrogen functional groups attached to an aromatic ring is 1. The van der Waals surface area contributed by atoms with Crippen LogP contribution in [0.25, 0.3) is 0 Å². The number of hydrogen-bond acceptors (Lipinski definition) is 4. The van der Waals surface area contributed by atoms with E-state index in [0.29, 0.717) is 17.4 Å². The third-order valence-corrected chi connectivity index (χ3v) is 3.87. The molecule has 1 aliphatic rings. The van der Waals surface area contributed by atoms with Crippen molar-refractivity contribution in [1.82, 2.24) is 0 Å². The number of benzene rings is 1. The molecule has 0 heterocycles. The molecule has 1 aromatic rings. The Morgan fingerprint density at radius 3 is 2.90 bits per heavy atom. The van der Waals surface area contributed by atoms with E-state index in [4.69, 9.17) is 15.2 Å². The van der Waals surface area contributed by atoms with Gasteiger partial charge in [0.15, 0.2) is 6.61 Å². The number of carbonyl (C=O) groups is 1. The number of esters is 1. The Kier molecular flexibility index (Phi) is 5.27. The zero-order valence-electron chi connectivity index (χ0n) is 12.0. The predicted molar refractivity (Wildman–Crippen MR) is 78.5 cm³/mol. The molecule has 0 saturated heterocycles. The third-order valence-electron chi connectivity index (χ3n) is 3.87. The average Bonchev–Trinajstić information content (AvgIpc) is 2.46. The van der Waals surface area contributed by atoms with Gasteiger partial charge >= 0.3 is 5.97 Å². The first-order chi connectivity index (χ1) is 9.69. The molecule has 1 aromatic carbocycles. The molecule has 0 amide bonds. The first-order valence-corrected chi connectivity index (χ1v) is 7.35. The van der Waals surface area contributed by atoms with Gasteiger partial charge in [0.05, 0.1) is 5.69 Å². The number of para-hydroxylation sites is 2. The highest BCUT2D eigenvalue weighted by Gasteiger charge is 2.23. The van der Waals surface area contributed by atoms with E-state index in [9.17, 15) is 4.79 Å². The molecule has 0 radical (unpaired) electrons. The van der Waals surface area contributed by atoms with E-state index in [2.05, 4.69) is 6.92 Å². The fraction of sp³-hybridized carbons (Fsp3) is 0.562. The molecule has 1 saturated carbocycles. The van der Waals surface area contributed by atoms with Crippen LogP contribution in [0.1, 0.15) is 39.0 Å². The summed E-state index contributed by atoms with van der Waals surface area (Å²) in [5.41, 5.74) is 6.28. The van der Waals surface area contributed by atoms with Crippen molar-refractivity contribution in [3.63, 3.8) is 0 Å². The molecule has 2 atom stereocenters. The number of hydrogen-bond donors (Lipinski definition) is 1. The molecule has 0 bridgehead atoms. The number of carbonyl (C=O) groups excluding carboxylic acids is 1. The van der Waals surface area contributed by atoms with Crippen LogP contribution in [0, 0.1) is 5.92 Å². The molecule has 1 aliphatic carbocycles. The minimum atomic E-state index is -0.310. The van der Waals surface area contributed by atoms with Gasteiger partial charge in [-0.2, -0.15) is 0 Å². The maximum absolute atomic E-state index is 11.8. The molecule has 110 valence electrons. The van der Waals surface area contributed by atoms with Gasteiger partial charge in [-0.25, -0.2) is 4.79 Å². The lowest BCUT2D eigenvalue weighted by Crippen LogP contribution is -2.27. The molecule has 4 nitrogen and oxygen atoms in total. The molecule has 2 rings (SSSR count). The molecule has 2 N–H and O–H groups in total. The zero-order valence-corrected chi connectivity index (χ0v) is 12.0. The standard InChI is InChI=1S/C16H23NO3/c1-2-12-6-5-7-13(10-12)20-16(18)11-19-15-9-4-3-8-14(15)17/h3-4,8-9,12-13H,2,5-7,10-11,17H2,1H3. The van der Waals surface area contributed by atoms with Gasteiger partial charge in [0.2, 0.25) is 0 Å². The van der Waals surface area contributed by atoms with E-state index in [1.807, 2.05) is 12.1 Å². The van der Waals surface area contributed by atoms with Gasteiger partial charge in [0, 0.05) is 0 Å². The molecule has 20 heavy (non-hydrogen) atoms. The van der Waals surface area contributed by atoms with E-state index in [0.717, 1.165) is 25.7 Å². The van der Waals surface area contributed by atoms with Gasteiger partial charge in [0.1, 0.15) is 11.9 Å². The van der Waals surface area contributed by atoms with Crippen molar-refractivity contribution in [2.24, 2.45) is 5.92 Å². The molecule has 2 unspecified atom stereocenters. The second kappa shape index (κ2) is 7.17. The van der Waals surface area contributed by atoms with E-state index < -0.39 is 0 Å². The summed E-state index contributed by atoms with van der Waals surface area (Å²) in [7, 11) is 0. The maximum Gasteiger partial charge on any atom is 0.344 e. The first kappa shape index (κ1) is 14.7. The van der Waals surface area contributed by atoms with Crippen LogP contribution < -0.4 is 10.5 Å². The van der Waals surface area contributed by atoms with Crippen molar-refractivity contribution in [3.8, 4) is 5.75 Å². The minimum absolute atomic E-state index is 0.0536. The van der Waals surface area contributed by atoms with Crippen LogP contribution in [0.5, 0.6) is 5.75 Å². The summed E-state index contributed by atoms with van der Waals surface area (Å²) < 4.78 is 10.9. The molecule has 0 aromatic heterocycles. The second-order valence-corrected chi connectivity index (χ2v) is 5.38. The highest BCUT2D eigenvalue weighted by atomic mass is 16.6. The fourth-order valence-corrected chi connectivity index (χ4v) is 2.69. The molecular weight excluding hydrogens is 254 g/mol. The quantitative estimate of drug-likeness (QED) is 0.663. The summed E-state index contributed by atoms with van der Waals surface area (Å²) in [6.45, 7) is 2.11. The van der Waals surface area contributed by atoms with Gasteiger partial charge in [-0.15, -0.1) is 0 Å². The Balaban J connectivity index is 1.77. The van der Waals surface area contributed by atoms with Crippen molar-refractivity contribution in [3.05, 3.63) is 24.3 Å². The van der Waals surface area contributed by atoms with Gasteiger partial charge in [-0.05, 0) is 37.3 Å². The molecule has 4 heteroatoms. The van der Waals surface area contributed by atoms with Crippen molar-refractivity contribution in [2.75, 3.05) is 12.3 Å². The van der Waals surface area contributed by atoms with Crippen LogP contribution in [0.3, 0.4) is 0 Å². The van der Waals surface area contributed by atoms with E-state index in [-0.39, 0.29) is 18.7 Å². The second-order valence-electron chi connectivity index (χ2n) is 5.38. The van der Waals surface area contributed by atoms with Gasteiger partial charge in [-0.1, -0.05) is 31.9 Å². The average molecular weight is 277 g/mol. The lowest BCUT2D eigenvalue weighted by molar-refractivity contribution is -0.153. The van der Waals surface area contributed by atoms with Gasteiger partial charge < -0.3 is 15.2 Å². The molecule has 0 spiro atoms. The molecular formula is C16H23NO3. The topological polar surface area (TPSA) is 61.5 Å². The third kappa shape index (κ3) is 4.15. The maximum atomic E-state index is 11.8. The highest BCUT2D eigenvalue weighted by Crippen LogP contribution is 2.28. The molecule has 1 fully saturated rings. The summed E-state index contributed by atoms with van der Waals surface area (Å²) in [5.74, 6) is 0.904. The summed E-state index contributed by atoms with van der Waals surface area (Å²) >= 11 is 0. The minimum Gasteiger partial charge on any atom is -0.480 e. The lowest BCUT2D eigenvalue weighted by Gasteiger charge is -2.28. The number of anilines is 1. The number of ether oxygens (including phenoxy) is 2. The van der Waals surface area contributed by atoms with E-state index in [1.54, 1.807) is 12.1 Å². The Labute approximate surface area is 120 Å². The summed E-state index contributed by atoms with van der Waals surface area (Å²) in [4.78, 5) is 11.8. The van der Waals surface area contributed by atoms with Crippen LogP contribution in [-0.2, 0) is 9.53 Å². The summed E-state index contributed by atoms with van der Waals surface area (Å²) in [6, 6.07) is 7.14. The monoisotopic (exact) mass is 277 g/mol. The summed E-state index contributed by atoms with van der Waals surface area (Å²) in [5, 5.41) is 0. The SMILES string of the molecule is CCC1CCCC(OC(=O)COc2ccccc2N)C1. The first-order valence-electron chi connectivity index (χ1n) is 7.35. The van der Waals surface area contributed by atoms with Crippen LogP contribution >= 0.6 is 0 Å². The Bertz CT molecular complexity index is 447. The smallest absolute Gasteiger partial charge is 0.344 e. The largest absolute Gasteiger partial charge is 0.480 e. The van der Waals surface area contributed by atoms with Crippen LogP contribution in [0.4, 0.5) is 5.69 Å². The Morgan fingerprint density at radius 1 is 1.35 bits per heavy atom. The van der Waals surface area contributed by atoms with E-state index in [1.165, 1.54) is 6.42 Å². The Morgan fingerprint density at radius 2 is 2.15 bits per heavy atom. The van der Waals surface area contributed by atoms with Crippen LogP contribution in [0.2, 0.25) is 0 Å². The van der Waals surface area contributed by atoms with Crippen LogP contribution in [-0.4, -0.2) is 18.7 Å².